The molecule has 0 spiro atoms. The fraction of sp³-hybridized carbons (Fsp3) is 0. The number of hydrogen-bond donors (Lipinski definition) is 3. The monoisotopic (exact) mass is 256 g/mol. The van der Waals surface area contributed by atoms with E-state index in [1.807, 2.05) is 0 Å². The molecule has 1 aromatic carbocycles. The molecule has 2 aromatic rings. The summed E-state index contributed by atoms with van der Waals surface area (Å²) in [6.07, 6.45) is 1.58. The van der Waals surface area contributed by atoms with Gasteiger partial charge in [-0.15, -0.1) is 0 Å². The molecule has 6 nitrogen and oxygen atoms in total. The molecule has 1 aromatic heterocycles. The van der Waals surface area contributed by atoms with E-state index in [1.54, 1.807) is 48.7 Å². The smallest absolute Gasteiger partial charge is 0.324 e. The second kappa shape index (κ2) is 5.63. The molecule has 0 aliphatic heterocycles. The van der Waals surface area contributed by atoms with Crippen LogP contribution in [0.25, 0.3) is 0 Å². The zero-order valence-electron chi connectivity index (χ0n) is 9.96. The highest BCUT2D eigenvalue weighted by Gasteiger charge is 2.04. The van der Waals surface area contributed by atoms with Crippen molar-refractivity contribution in [3.05, 3.63) is 54.2 Å². The van der Waals surface area contributed by atoms with Crippen LogP contribution >= 0.6 is 0 Å². The van der Waals surface area contributed by atoms with Gasteiger partial charge >= 0.3 is 6.03 Å². The largest absolute Gasteiger partial charge is 0.366 e. The lowest BCUT2D eigenvalue weighted by Crippen LogP contribution is -2.20. The maximum absolute atomic E-state index is 11.6. The van der Waals surface area contributed by atoms with Crippen LogP contribution in [0.5, 0.6) is 0 Å². The minimum atomic E-state index is -0.510. The van der Waals surface area contributed by atoms with Gasteiger partial charge in [-0.2, -0.15) is 0 Å². The summed E-state index contributed by atoms with van der Waals surface area (Å²) in [6, 6.07) is 11.1. The molecule has 0 saturated heterocycles. The Balaban J connectivity index is 1.97. The highest BCUT2D eigenvalue weighted by molar-refractivity contribution is 5.99. The van der Waals surface area contributed by atoms with Crippen molar-refractivity contribution in [2.75, 3.05) is 10.6 Å². The number of rotatable bonds is 3. The number of pyridine rings is 1. The quantitative estimate of drug-likeness (QED) is 0.781. The molecular weight excluding hydrogens is 244 g/mol. The van der Waals surface area contributed by atoms with Crippen LogP contribution in [0, 0.1) is 0 Å². The number of amides is 3. The Kier molecular flexibility index (Phi) is 3.72. The van der Waals surface area contributed by atoms with Crippen molar-refractivity contribution < 1.29 is 9.59 Å². The summed E-state index contributed by atoms with van der Waals surface area (Å²) in [7, 11) is 0. The van der Waals surface area contributed by atoms with Gasteiger partial charge in [-0.1, -0.05) is 6.07 Å². The number of primary amides is 1. The van der Waals surface area contributed by atoms with Crippen LogP contribution in [0.1, 0.15) is 10.4 Å². The molecule has 4 N–H and O–H groups in total. The topological polar surface area (TPSA) is 97.1 Å². The normalized spacial score (nSPS) is 9.68. The molecular formula is C13H12N4O2. The van der Waals surface area contributed by atoms with Crippen molar-refractivity contribution in [3.8, 4) is 0 Å². The SMILES string of the molecule is NC(=O)c1ccc(NC(=O)Nc2ccccn2)cc1. The molecule has 0 aliphatic rings. The molecule has 0 saturated carbocycles. The van der Waals surface area contributed by atoms with E-state index in [4.69, 9.17) is 5.73 Å². The van der Waals surface area contributed by atoms with Crippen LogP contribution in [0.15, 0.2) is 48.7 Å². The van der Waals surface area contributed by atoms with Crippen LogP contribution in [0.2, 0.25) is 0 Å². The highest BCUT2D eigenvalue weighted by Crippen LogP contribution is 2.10. The van der Waals surface area contributed by atoms with Gasteiger partial charge in [0.15, 0.2) is 0 Å². The molecule has 0 unspecified atom stereocenters. The lowest BCUT2D eigenvalue weighted by molar-refractivity contribution is 0.100. The minimum absolute atomic E-state index is 0.385. The average molecular weight is 256 g/mol. The highest BCUT2D eigenvalue weighted by atomic mass is 16.2. The molecule has 0 atom stereocenters. The van der Waals surface area contributed by atoms with Crippen molar-refractivity contribution in [2.45, 2.75) is 0 Å². The summed E-state index contributed by atoms with van der Waals surface area (Å²) in [5.41, 5.74) is 6.06. The van der Waals surface area contributed by atoms with E-state index in [2.05, 4.69) is 15.6 Å². The number of carbonyl (C=O) groups excluding carboxylic acids is 2. The maximum Gasteiger partial charge on any atom is 0.324 e. The summed E-state index contributed by atoms with van der Waals surface area (Å²) in [5, 5.41) is 5.19. The van der Waals surface area contributed by atoms with E-state index in [-0.39, 0.29) is 0 Å². The van der Waals surface area contributed by atoms with E-state index < -0.39 is 11.9 Å². The fourth-order valence-electron chi connectivity index (χ4n) is 1.43. The Bertz CT molecular complexity index is 581. The van der Waals surface area contributed by atoms with Gasteiger partial charge in [-0.25, -0.2) is 9.78 Å². The third-order valence-electron chi connectivity index (χ3n) is 2.33. The van der Waals surface area contributed by atoms with Gasteiger partial charge in [0.25, 0.3) is 0 Å². The first-order valence-corrected chi connectivity index (χ1v) is 5.54. The van der Waals surface area contributed by atoms with E-state index in [0.29, 0.717) is 17.1 Å². The molecule has 2 rings (SSSR count). The van der Waals surface area contributed by atoms with Gasteiger partial charge in [0.05, 0.1) is 0 Å². The van der Waals surface area contributed by atoms with Crippen LogP contribution in [-0.4, -0.2) is 16.9 Å². The minimum Gasteiger partial charge on any atom is -0.366 e. The van der Waals surface area contributed by atoms with Crippen molar-refractivity contribution in [3.63, 3.8) is 0 Å². The number of nitrogens with two attached hydrogens (primary N) is 1. The van der Waals surface area contributed by atoms with Gasteiger partial charge in [0, 0.05) is 17.4 Å². The van der Waals surface area contributed by atoms with E-state index in [0.717, 1.165) is 0 Å². The average Bonchev–Trinajstić information content (AvgIpc) is 2.40. The molecule has 0 aliphatic carbocycles. The fourth-order valence-corrected chi connectivity index (χ4v) is 1.43. The Morgan fingerprint density at radius 2 is 1.74 bits per heavy atom. The predicted octanol–water partition coefficient (Wildman–Crippen LogP) is 1.82. The second-order valence-electron chi connectivity index (χ2n) is 3.74. The van der Waals surface area contributed by atoms with Gasteiger partial charge < -0.3 is 11.1 Å². The first-order chi connectivity index (χ1) is 9.15. The molecule has 0 bridgehead atoms. The number of urea groups is 1. The molecule has 0 fully saturated rings. The summed E-state index contributed by atoms with van der Waals surface area (Å²) >= 11 is 0. The number of nitrogens with zero attached hydrogens (tertiary/aromatic N) is 1. The Morgan fingerprint density at radius 1 is 1.00 bits per heavy atom. The van der Waals surface area contributed by atoms with E-state index >= 15 is 0 Å². The molecule has 96 valence electrons. The van der Waals surface area contributed by atoms with Crippen LogP contribution < -0.4 is 16.4 Å². The first-order valence-electron chi connectivity index (χ1n) is 5.54. The number of aromatic nitrogens is 1. The molecule has 3 amide bonds. The lowest BCUT2D eigenvalue weighted by Gasteiger charge is -2.07. The molecule has 19 heavy (non-hydrogen) atoms. The second-order valence-corrected chi connectivity index (χ2v) is 3.74. The Morgan fingerprint density at radius 3 is 2.32 bits per heavy atom. The zero-order chi connectivity index (χ0) is 13.7. The predicted molar refractivity (Wildman–Crippen MR) is 71.8 cm³/mol. The number of anilines is 2. The van der Waals surface area contributed by atoms with Crippen molar-refractivity contribution in [1.29, 1.82) is 0 Å². The van der Waals surface area contributed by atoms with Crippen molar-refractivity contribution in [1.82, 2.24) is 4.98 Å². The number of nitrogens with one attached hydrogen (secondary N) is 2. The summed E-state index contributed by atoms with van der Waals surface area (Å²) in [6.45, 7) is 0. The molecule has 0 radical (unpaired) electrons. The van der Waals surface area contributed by atoms with Crippen molar-refractivity contribution >= 4 is 23.4 Å². The van der Waals surface area contributed by atoms with Gasteiger partial charge in [0.1, 0.15) is 5.82 Å². The summed E-state index contributed by atoms with van der Waals surface area (Å²) in [4.78, 5) is 26.5. The number of hydrogen-bond acceptors (Lipinski definition) is 3. The number of benzene rings is 1. The van der Waals surface area contributed by atoms with Crippen molar-refractivity contribution in [2.24, 2.45) is 5.73 Å². The Labute approximate surface area is 109 Å². The van der Waals surface area contributed by atoms with E-state index in [9.17, 15) is 9.59 Å². The molecule has 6 heteroatoms. The number of carbonyl (C=O) groups is 2. The third-order valence-corrected chi connectivity index (χ3v) is 2.33. The first kappa shape index (κ1) is 12.6. The van der Waals surface area contributed by atoms with Gasteiger partial charge in [-0.3, -0.25) is 10.1 Å². The van der Waals surface area contributed by atoms with E-state index in [1.165, 1.54) is 0 Å². The van der Waals surface area contributed by atoms with Gasteiger partial charge in [-0.05, 0) is 36.4 Å². The standard InChI is InChI=1S/C13H12N4O2/c14-12(18)9-4-6-10(7-5-9)16-13(19)17-11-3-1-2-8-15-11/h1-8H,(H2,14,18)(H2,15,16,17,19). The molecule has 1 heterocycles. The Hall–Kier alpha value is -2.89. The van der Waals surface area contributed by atoms with Crippen LogP contribution in [0.3, 0.4) is 0 Å². The summed E-state index contributed by atoms with van der Waals surface area (Å²) < 4.78 is 0. The van der Waals surface area contributed by atoms with Crippen LogP contribution in [-0.2, 0) is 0 Å². The zero-order valence-corrected chi connectivity index (χ0v) is 9.96. The maximum atomic E-state index is 11.6. The third kappa shape index (κ3) is 3.53. The summed E-state index contributed by atoms with van der Waals surface area (Å²) in [5.74, 6) is -0.0572. The lowest BCUT2D eigenvalue weighted by atomic mass is 10.2. The van der Waals surface area contributed by atoms with Gasteiger partial charge in [0.2, 0.25) is 5.91 Å². The van der Waals surface area contributed by atoms with Crippen LogP contribution in [0.4, 0.5) is 16.3 Å².